The fourth-order valence-corrected chi connectivity index (χ4v) is 1.52. The van der Waals surface area contributed by atoms with E-state index in [2.05, 4.69) is 34.6 Å². The number of hydrogen-bond donors (Lipinski definition) is 2. The van der Waals surface area contributed by atoms with E-state index in [9.17, 15) is 0 Å². The Morgan fingerprint density at radius 2 is 2.23 bits per heavy atom. The van der Waals surface area contributed by atoms with Gasteiger partial charge in [0.1, 0.15) is 0 Å². The van der Waals surface area contributed by atoms with E-state index in [1.807, 2.05) is 13.2 Å². The number of rotatable bonds is 3. The van der Waals surface area contributed by atoms with Crippen molar-refractivity contribution in [1.82, 2.24) is 10.3 Å². The summed E-state index contributed by atoms with van der Waals surface area (Å²) in [6.07, 6.45) is 3.07. The molecule has 0 aliphatic heterocycles. The average Bonchev–Trinajstić information content (AvgIpc) is 2.61. The molecule has 0 atom stereocenters. The molecular formula is C11H14N2. The molecule has 0 bridgehead atoms. The van der Waals surface area contributed by atoms with Gasteiger partial charge in [-0.2, -0.15) is 0 Å². The second-order valence-electron chi connectivity index (χ2n) is 3.25. The van der Waals surface area contributed by atoms with Gasteiger partial charge < -0.3 is 10.3 Å². The van der Waals surface area contributed by atoms with Crippen LogP contribution in [0, 0.1) is 0 Å². The van der Waals surface area contributed by atoms with E-state index >= 15 is 0 Å². The predicted octanol–water partition coefficient (Wildman–Crippen LogP) is 1.93. The summed E-state index contributed by atoms with van der Waals surface area (Å²) in [4.78, 5) is 3.22. The zero-order valence-electron chi connectivity index (χ0n) is 7.80. The third kappa shape index (κ3) is 1.73. The zero-order valence-corrected chi connectivity index (χ0v) is 7.80. The highest BCUT2D eigenvalue weighted by atomic mass is 14.8. The summed E-state index contributed by atoms with van der Waals surface area (Å²) in [5.41, 5.74) is 2.61. The minimum absolute atomic E-state index is 1.03. The first kappa shape index (κ1) is 8.32. The third-order valence-corrected chi connectivity index (χ3v) is 2.28. The smallest absolute Gasteiger partial charge is 0.0456 e. The van der Waals surface area contributed by atoms with Crippen LogP contribution in [0.15, 0.2) is 30.5 Å². The molecule has 0 aliphatic rings. The van der Waals surface area contributed by atoms with Crippen LogP contribution in [0.4, 0.5) is 0 Å². The Morgan fingerprint density at radius 1 is 1.31 bits per heavy atom. The Bertz CT molecular complexity index is 390. The molecule has 1 aromatic carbocycles. The summed E-state index contributed by atoms with van der Waals surface area (Å²) in [5.74, 6) is 0. The first-order valence-corrected chi connectivity index (χ1v) is 4.61. The molecule has 0 fully saturated rings. The summed E-state index contributed by atoms with van der Waals surface area (Å²) in [6, 6.07) is 8.66. The molecule has 0 radical (unpaired) electrons. The van der Waals surface area contributed by atoms with Crippen LogP contribution in [0.2, 0.25) is 0 Å². The molecule has 1 aromatic heterocycles. The Balaban J connectivity index is 2.26. The zero-order chi connectivity index (χ0) is 9.10. The lowest BCUT2D eigenvalue weighted by Crippen LogP contribution is -2.10. The van der Waals surface area contributed by atoms with Gasteiger partial charge in [0.05, 0.1) is 0 Å². The summed E-state index contributed by atoms with van der Waals surface area (Å²) in [7, 11) is 1.98. The molecule has 0 amide bonds. The lowest BCUT2D eigenvalue weighted by molar-refractivity contribution is 0.792. The van der Waals surface area contributed by atoms with Crippen LogP contribution in [-0.4, -0.2) is 18.6 Å². The quantitative estimate of drug-likeness (QED) is 0.731. The van der Waals surface area contributed by atoms with Crippen LogP contribution in [0.5, 0.6) is 0 Å². The maximum absolute atomic E-state index is 3.22. The van der Waals surface area contributed by atoms with Crippen LogP contribution in [-0.2, 0) is 6.42 Å². The highest BCUT2D eigenvalue weighted by Crippen LogP contribution is 2.14. The molecule has 68 valence electrons. The fraction of sp³-hybridized carbons (Fsp3) is 0.273. The van der Waals surface area contributed by atoms with Crippen molar-refractivity contribution in [3.05, 3.63) is 36.0 Å². The summed E-state index contributed by atoms with van der Waals surface area (Å²) < 4.78 is 0. The molecule has 1 heterocycles. The molecule has 0 saturated heterocycles. The van der Waals surface area contributed by atoms with Gasteiger partial charge in [-0.3, -0.25) is 0 Å². The van der Waals surface area contributed by atoms with Crippen molar-refractivity contribution >= 4 is 10.9 Å². The van der Waals surface area contributed by atoms with E-state index in [1.54, 1.807) is 0 Å². The molecular weight excluding hydrogens is 160 g/mol. The maximum atomic E-state index is 3.22. The molecule has 2 aromatic rings. The van der Waals surface area contributed by atoms with Crippen molar-refractivity contribution in [2.45, 2.75) is 6.42 Å². The largest absolute Gasteiger partial charge is 0.361 e. The maximum Gasteiger partial charge on any atom is 0.0456 e. The minimum Gasteiger partial charge on any atom is -0.361 e. The molecule has 0 aliphatic carbocycles. The molecule has 0 unspecified atom stereocenters. The normalized spacial score (nSPS) is 10.8. The third-order valence-electron chi connectivity index (χ3n) is 2.28. The van der Waals surface area contributed by atoms with Crippen LogP contribution >= 0.6 is 0 Å². The van der Waals surface area contributed by atoms with Crippen molar-refractivity contribution in [2.75, 3.05) is 13.6 Å². The van der Waals surface area contributed by atoms with Gasteiger partial charge in [0.15, 0.2) is 0 Å². The van der Waals surface area contributed by atoms with Crippen LogP contribution in [0.3, 0.4) is 0 Å². The number of aromatic nitrogens is 1. The highest BCUT2D eigenvalue weighted by molar-refractivity contribution is 5.79. The van der Waals surface area contributed by atoms with Crippen molar-refractivity contribution in [3.8, 4) is 0 Å². The lowest BCUT2D eigenvalue weighted by Gasteiger charge is -2.00. The molecule has 0 saturated carbocycles. The first-order valence-electron chi connectivity index (χ1n) is 4.61. The van der Waals surface area contributed by atoms with Gasteiger partial charge in [-0.15, -0.1) is 0 Å². The van der Waals surface area contributed by atoms with Gasteiger partial charge in [-0.1, -0.05) is 12.1 Å². The van der Waals surface area contributed by atoms with E-state index in [4.69, 9.17) is 0 Å². The van der Waals surface area contributed by atoms with Crippen molar-refractivity contribution in [3.63, 3.8) is 0 Å². The second kappa shape index (κ2) is 3.62. The number of fused-ring (bicyclic) bond motifs is 1. The Hall–Kier alpha value is -1.28. The summed E-state index contributed by atoms with van der Waals surface area (Å²) in [5, 5.41) is 4.43. The number of likely N-dealkylation sites (N-methyl/N-ethyl adjacent to an activating group) is 1. The molecule has 2 rings (SSSR count). The second-order valence-corrected chi connectivity index (χ2v) is 3.25. The Labute approximate surface area is 78.0 Å². The Morgan fingerprint density at radius 3 is 3.08 bits per heavy atom. The van der Waals surface area contributed by atoms with E-state index in [-0.39, 0.29) is 0 Å². The number of aromatic amines is 1. The molecule has 2 heteroatoms. The Kier molecular flexibility index (Phi) is 2.32. The molecule has 2 N–H and O–H groups in total. The van der Waals surface area contributed by atoms with E-state index < -0.39 is 0 Å². The van der Waals surface area contributed by atoms with Gasteiger partial charge in [-0.25, -0.2) is 0 Å². The molecule has 13 heavy (non-hydrogen) atoms. The topological polar surface area (TPSA) is 27.8 Å². The van der Waals surface area contributed by atoms with Crippen LogP contribution in [0.25, 0.3) is 10.9 Å². The van der Waals surface area contributed by atoms with Gasteiger partial charge in [-0.05, 0) is 43.1 Å². The number of benzene rings is 1. The monoisotopic (exact) mass is 174 g/mol. The van der Waals surface area contributed by atoms with Gasteiger partial charge in [0.25, 0.3) is 0 Å². The van der Waals surface area contributed by atoms with Gasteiger partial charge >= 0.3 is 0 Å². The van der Waals surface area contributed by atoms with Crippen molar-refractivity contribution < 1.29 is 0 Å². The van der Waals surface area contributed by atoms with Crippen molar-refractivity contribution in [1.29, 1.82) is 0 Å². The predicted molar refractivity (Wildman–Crippen MR) is 55.9 cm³/mol. The van der Waals surface area contributed by atoms with Gasteiger partial charge in [0.2, 0.25) is 0 Å². The van der Waals surface area contributed by atoms with Crippen molar-refractivity contribution in [2.24, 2.45) is 0 Å². The first-order chi connectivity index (χ1) is 6.40. The van der Waals surface area contributed by atoms with Crippen LogP contribution in [0.1, 0.15) is 5.56 Å². The summed E-state index contributed by atoms with van der Waals surface area (Å²) in [6.45, 7) is 1.03. The number of hydrogen-bond acceptors (Lipinski definition) is 1. The highest BCUT2D eigenvalue weighted by Gasteiger charge is 1.96. The number of H-pyrrole nitrogens is 1. The SMILES string of the molecule is CNCCc1ccc2cc[nH]c2c1. The molecule has 0 spiro atoms. The van der Waals surface area contributed by atoms with Crippen LogP contribution < -0.4 is 5.32 Å². The lowest BCUT2D eigenvalue weighted by atomic mass is 10.1. The summed E-state index contributed by atoms with van der Waals surface area (Å²) >= 11 is 0. The van der Waals surface area contributed by atoms with E-state index in [0.717, 1.165) is 13.0 Å². The standard InChI is InChI=1S/C11H14N2/c1-12-6-4-9-2-3-10-5-7-13-11(10)8-9/h2-3,5,7-8,12-13H,4,6H2,1H3. The minimum atomic E-state index is 1.03. The number of nitrogens with one attached hydrogen (secondary N) is 2. The van der Waals surface area contributed by atoms with E-state index in [1.165, 1.54) is 16.5 Å². The molecule has 2 nitrogen and oxygen atoms in total. The average molecular weight is 174 g/mol. The fourth-order valence-electron chi connectivity index (χ4n) is 1.52. The van der Waals surface area contributed by atoms with Gasteiger partial charge in [0, 0.05) is 11.7 Å². The van der Waals surface area contributed by atoms with E-state index in [0.29, 0.717) is 0 Å².